The molecule has 0 rings (SSSR count). The Morgan fingerprint density at radius 3 is 1.83 bits per heavy atom. The molecule has 4 nitrogen and oxygen atoms in total. The van der Waals surface area contributed by atoms with E-state index in [1.54, 1.807) is 6.92 Å². The first-order valence-electron chi connectivity index (χ1n) is 9.49. The summed E-state index contributed by atoms with van der Waals surface area (Å²) < 4.78 is 23.4. The van der Waals surface area contributed by atoms with Crippen molar-refractivity contribution in [2.75, 3.05) is 13.2 Å². The van der Waals surface area contributed by atoms with Crippen molar-refractivity contribution in [1.29, 1.82) is 0 Å². The molecule has 0 spiro atoms. The molecule has 23 heavy (non-hydrogen) atoms. The Bertz CT molecular complexity index is 322. The number of ether oxygens (including phenoxy) is 1. The van der Waals surface area contributed by atoms with Crippen molar-refractivity contribution in [3.8, 4) is 0 Å². The van der Waals surface area contributed by atoms with Crippen LogP contribution in [0.2, 0.25) is 0 Å². The summed E-state index contributed by atoms with van der Waals surface area (Å²) in [6, 6.07) is 0. The van der Waals surface area contributed by atoms with Gasteiger partial charge in [0.15, 0.2) is 5.85 Å². The van der Waals surface area contributed by atoms with E-state index in [1.807, 2.05) is 0 Å². The number of hydrogen-bond acceptors (Lipinski definition) is 3. The molecule has 0 aromatic heterocycles. The summed E-state index contributed by atoms with van der Waals surface area (Å²) in [5, 5.41) is 0. The lowest BCUT2D eigenvalue weighted by molar-refractivity contribution is 0.0560. The third-order valence-corrected chi connectivity index (χ3v) is 6.20. The van der Waals surface area contributed by atoms with Crippen LogP contribution in [0.5, 0.6) is 0 Å². The topological polar surface area (TPSA) is 55.8 Å². The Morgan fingerprint density at radius 2 is 1.39 bits per heavy atom. The minimum atomic E-state index is -3.70. The minimum Gasteiger partial charge on any atom is -0.366 e. The Hall–Kier alpha value is 0.110. The summed E-state index contributed by atoms with van der Waals surface area (Å²) in [6.07, 6.45) is 8.82. The van der Waals surface area contributed by atoms with E-state index in [2.05, 4.69) is 27.7 Å². The maximum Gasteiger partial charge on any atom is 0.356 e. The fourth-order valence-corrected chi connectivity index (χ4v) is 3.39. The third-order valence-electron chi connectivity index (χ3n) is 4.61. The van der Waals surface area contributed by atoms with E-state index in [1.165, 1.54) is 12.8 Å². The lowest BCUT2D eigenvalue weighted by Crippen LogP contribution is -2.18. The van der Waals surface area contributed by atoms with Crippen LogP contribution in [0, 0.1) is 11.8 Å². The molecule has 0 radical (unpaired) electrons. The van der Waals surface area contributed by atoms with E-state index in [-0.39, 0.29) is 0 Å². The molecule has 0 aliphatic carbocycles. The molecule has 0 saturated carbocycles. The molecule has 0 aliphatic heterocycles. The van der Waals surface area contributed by atoms with Gasteiger partial charge in [0.05, 0.1) is 13.2 Å². The lowest BCUT2D eigenvalue weighted by Gasteiger charge is -2.24. The molecule has 0 heterocycles. The molecule has 0 saturated heterocycles. The molecule has 0 aromatic rings. The van der Waals surface area contributed by atoms with Crippen LogP contribution >= 0.6 is 7.60 Å². The molecule has 0 aromatic carbocycles. The molecule has 4 unspecified atom stereocenters. The Morgan fingerprint density at radius 1 is 0.913 bits per heavy atom. The van der Waals surface area contributed by atoms with Gasteiger partial charge in [-0.1, -0.05) is 66.2 Å². The van der Waals surface area contributed by atoms with Gasteiger partial charge in [-0.15, -0.1) is 0 Å². The van der Waals surface area contributed by atoms with Crippen molar-refractivity contribution < 1.29 is 18.7 Å². The minimum absolute atomic E-state index is 0.352. The second kappa shape index (κ2) is 13.4. The largest absolute Gasteiger partial charge is 0.366 e. The average molecular weight is 350 g/mol. The van der Waals surface area contributed by atoms with Gasteiger partial charge in [0.2, 0.25) is 0 Å². The first-order chi connectivity index (χ1) is 10.9. The molecule has 140 valence electrons. The Kier molecular flexibility index (Phi) is 13.5. The summed E-state index contributed by atoms with van der Waals surface area (Å²) in [6.45, 7) is 11.1. The number of hydrogen-bond donors (Lipinski definition) is 1. The standard InChI is InChI=1S/C18H39O4P/c1-6-10-12-17(8-3)14-21-16(5)23(19,20)22-15-18(9-4)13-11-7-2/h16-18H,6-15H2,1-5H3,(H,19,20). The van der Waals surface area contributed by atoms with E-state index in [0.717, 1.165) is 38.5 Å². The molecule has 0 fully saturated rings. The highest BCUT2D eigenvalue weighted by Crippen LogP contribution is 2.48. The summed E-state index contributed by atoms with van der Waals surface area (Å²) in [4.78, 5) is 10.1. The third kappa shape index (κ3) is 10.6. The zero-order valence-electron chi connectivity index (χ0n) is 15.9. The van der Waals surface area contributed by atoms with Crippen molar-refractivity contribution in [3.63, 3.8) is 0 Å². The average Bonchev–Trinajstić information content (AvgIpc) is 2.54. The summed E-state index contributed by atoms with van der Waals surface area (Å²) in [5.41, 5.74) is 0. The van der Waals surface area contributed by atoms with Crippen LogP contribution in [0.3, 0.4) is 0 Å². The molecule has 5 heteroatoms. The molecule has 4 atom stereocenters. The van der Waals surface area contributed by atoms with Crippen LogP contribution < -0.4 is 0 Å². The molecule has 0 amide bonds. The predicted molar refractivity (Wildman–Crippen MR) is 97.8 cm³/mol. The van der Waals surface area contributed by atoms with E-state index >= 15 is 0 Å². The molecular formula is C18H39O4P. The first-order valence-corrected chi connectivity index (χ1v) is 11.1. The summed E-state index contributed by atoms with van der Waals surface area (Å²) in [7, 11) is -3.70. The van der Waals surface area contributed by atoms with Crippen molar-refractivity contribution in [2.24, 2.45) is 11.8 Å². The molecular weight excluding hydrogens is 311 g/mol. The van der Waals surface area contributed by atoms with Crippen LogP contribution in [0.4, 0.5) is 0 Å². The van der Waals surface area contributed by atoms with E-state index in [0.29, 0.717) is 25.0 Å². The van der Waals surface area contributed by atoms with Gasteiger partial charge >= 0.3 is 7.60 Å². The SMILES string of the molecule is CCCCC(CC)COC(C)P(=O)(O)OCC(CC)CCCC. The maximum absolute atomic E-state index is 12.3. The summed E-state index contributed by atoms with van der Waals surface area (Å²) in [5.74, 6) is 0.0720. The fraction of sp³-hybridized carbons (Fsp3) is 1.00. The van der Waals surface area contributed by atoms with Crippen LogP contribution in [0.25, 0.3) is 0 Å². The highest BCUT2D eigenvalue weighted by Gasteiger charge is 2.30. The lowest BCUT2D eigenvalue weighted by atomic mass is 10.0. The van der Waals surface area contributed by atoms with E-state index in [9.17, 15) is 9.46 Å². The Balaban J connectivity index is 4.25. The zero-order chi connectivity index (χ0) is 17.7. The van der Waals surface area contributed by atoms with Crippen molar-refractivity contribution >= 4 is 7.60 Å². The zero-order valence-corrected chi connectivity index (χ0v) is 16.8. The Labute approximate surface area is 143 Å². The van der Waals surface area contributed by atoms with Gasteiger partial charge in [0, 0.05) is 0 Å². The first kappa shape index (κ1) is 23.1. The van der Waals surface area contributed by atoms with Crippen molar-refractivity contribution in [1.82, 2.24) is 0 Å². The van der Waals surface area contributed by atoms with Crippen LogP contribution in [-0.4, -0.2) is 24.0 Å². The van der Waals surface area contributed by atoms with Gasteiger partial charge < -0.3 is 14.2 Å². The molecule has 0 bridgehead atoms. The number of unbranched alkanes of at least 4 members (excludes halogenated alkanes) is 2. The fourth-order valence-electron chi connectivity index (χ4n) is 2.48. The predicted octanol–water partition coefficient (Wildman–Crippen LogP) is 5.98. The van der Waals surface area contributed by atoms with Gasteiger partial charge in [-0.2, -0.15) is 0 Å². The number of rotatable bonds is 15. The van der Waals surface area contributed by atoms with Gasteiger partial charge in [-0.3, -0.25) is 4.57 Å². The summed E-state index contributed by atoms with van der Waals surface area (Å²) >= 11 is 0. The van der Waals surface area contributed by atoms with Crippen LogP contribution in [0.1, 0.15) is 86.0 Å². The molecule has 1 N–H and O–H groups in total. The monoisotopic (exact) mass is 350 g/mol. The van der Waals surface area contributed by atoms with Gasteiger partial charge in [-0.05, 0) is 31.6 Å². The second-order valence-corrected chi connectivity index (χ2v) is 8.74. The van der Waals surface area contributed by atoms with Gasteiger partial charge in [0.1, 0.15) is 0 Å². The van der Waals surface area contributed by atoms with Crippen molar-refractivity contribution in [3.05, 3.63) is 0 Å². The highest BCUT2D eigenvalue weighted by molar-refractivity contribution is 7.53. The smallest absolute Gasteiger partial charge is 0.356 e. The highest BCUT2D eigenvalue weighted by atomic mass is 31.2. The van der Waals surface area contributed by atoms with Crippen molar-refractivity contribution in [2.45, 2.75) is 91.8 Å². The normalized spacial score (nSPS) is 18.3. The second-order valence-electron chi connectivity index (χ2n) is 6.63. The van der Waals surface area contributed by atoms with E-state index < -0.39 is 13.4 Å². The van der Waals surface area contributed by atoms with Gasteiger partial charge in [0.25, 0.3) is 0 Å². The maximum atomic E-state index is 12.3. The van der Waals surface area contributed by atoms with Gasteiger partial charge in [-0.25, -0.2) is 0 Å². The van der Waals surface area contributed by atoms with Crippen LogP contribution in [0.15, 0.2) is 0 Å². The van der Waals surface area contributed by atoms with E-state index in [4.69, 9.17) is 9.26 Å². The molecule has 0 aliphatic rings. The quantitative estimate of drug-likeness (QED) is 0.369. The van der Waals surface area contributed by atoms with Crippen LogP contribution in [-0.2, 0) is 13.8 Å².